The second-order valence-electron chi connectivity index (χ2n) is 6.09. The Balaban J connectivity index is 1.64. The van der Waals surface area contributed by atoms with Crippen molar-refractivity contribution in [2.24, 2.45) is 0 Å². The number of hydrogen-bond acceptors (Lipinski definition) is 6. The van der Waals surface area contributed by atoms with Crippen LogP contribution in [0.5, 0.6) is 11.5 Å². The first kappa shape index (κ1) is 21.7. The van der Waals surface area contributed by atoms with E-state index < -0.39 is 12.5 Å². The summed E-state index contributed by atoms with van der Waals surface area (Å²) in [6.07, 6.45) is 1.44. The van der Waals surface area contributed by atoms with Crippen LogP contribution in [0.4, 0.5) is 14.5 Å². The Hall–Kier alpha value is -2.98. The van der Waals surface area contributed by atoms with Crippen LogP contribution in [0.2, 0.25) is 0 Å². The summed E-state index contributed by atoms with van der Waals surface area (Å²) in [4.78, 5) is 26.3. The molecule has 1 saturated heterocycles. The van der Waals surface area contributed by atoms with E-state index in [1.165, 1.54) is 29.2 Å². The summed E-state index contributed by atoms with van der Waals surface area (Å²) in [6.45, 7) is -2.91. The summed E-state index contributed by atoms with van der Waals surface area (Å²) in [5.74, 6) is -0.701. The minimum Gasteiger partial charge on any atom is -0.508 e. The number of carbonyl (C=O) groups is 2. The van der Waals surface area contributed by atoms with Crippen molar-refractivity contribution in [2.45, 2.75) is 13.0 Å². The molecule has 1 aliphatic rings. The van der Waals surface area contributed by atoms with Crippen molar-refractivity contribution < 1.29 is 28.2 Å². The van der Waals surface area contributed by atoms with Crippen LogP contribution in [0.15, 0.2) is 53.4 Å². The molecule has 0 radical (unpaired) electrons. The number of rotatable bonds is 7. The molecular formula is C20H16F2N2O4S2. The molecule has 10 heteroatoms. The molecule has 2 aromatic carbocycles. The van der Waals surface area contributed by atoms with Crippen LogP contribution >= 0.6 is 24.0 Å². The maximum absolute atomic E-state index is 12.7. The van der Waals surface area contributed by atoms with E-state index in [-0.39, 0.29) is 39.6 Å². The summed E-state index contributed by atoms with van der Waals surface area (Å²) in [5.41, 5.74) is 0.835. The maximum atomic E-state index is 12.7. The van der Waals surface area contributed by atoms with Gasteiger partial charge in [0.05, 0.1) is 4.91 Å². The molecule has 2 amide bonds. The van der Waals surface area contributed by atoms with Gasteiger partial charge in [0.2, 0.25) is 5.91 Å². The molecule has 0 bridgehead atoms. The quantitative estimate of drug-likeness (QED) is 0.374. The molecule has 0 unspecified atom stereocenters. The molecule has 156 valence electrons. The zero-order valence-corrected chi connectivity index (χ0v) is 17.0. The smallest absolute Gasteiger partial charge is 0.387 e. The lowest BCUT2D eigenvalue weighted by molar-refractivity contribution is -0.122. The topological polar surface area (TPSA) is 78.9 Å². The summed E-state index contributed by atoms with van der Waals surface area (Å²) >= 11 is 6.25. The standard InChI is InChI=1S/C20H16F2N2O4S2/c21-19(22)28-15-4-2-1-3-12(15)11-16-18(27)24(20(29)30-16)10-9-17(26)23-13-5-7-14(25)8-6-13/h1-8,11,19,25H,9-10H2,(H,23,26)/b16-11-. The second-order valence-corrected chi connectivity index (χ2v) is 7.77. The molecule has 1 fully saturated rings. The number of alkyl halides is 2. The van der Waals surface area contributed by atoms with Gasteiger partial charge in [0.15, 0.2) is 0 Å². The minimum atomic E-state index is -2.99. The number of amides is 2. The van der Waals surface area contributed by atoms with Crippen molar-refractivity contribution in [1.82, 2.24) is 4.90 Å². The summed E-state index contributed by atoms with van der Waals surface area (Å²) in [5, 5.41) is 11.9. The number of benzene rings is 2. The van der Waals surface area contributed by atoms with Gasteiger partial charge < -0.3 is 15.2 Å². The van der Waals surface area contributed by atoms with Gasteiger partial charge in [-0.05, 0) is 36.4 Å². The van der Waals surface area contributed by atoms with Gasteiger partial charge in [0.25, 0.3) is 5.91 Å². The highest BCUT2D eigenvalue weighted by Crippen LogP contribution is 2.34. The van der Waals surface area contributed by atoms with E-state index >= 15 is 0 Å². The van der Waals surface area contributed by atoms with Crippen LogP contribution < -0.4 is 10.1 Å². The summed E-state index contributed by atoms with van der Waals surface area (Å²) in [7, 11) is 0. The number of nitrogens with one attached hydrogen (secondary N) is 1. The fourth-order valence-electron chi connectivity index (χ4n) is 2.62. The Kier molecular flexibility index (Phi) is 7.01. The van der Waals surface area contributed by atoms with Gasteiger partial charge in [-0.3, -0.25) is 14.5 Å². The number of aromatic hydroxyl groups is 1. The second kappa shape index (κ2) is 9.68. The Bertz CT molecular complexity index is 997. The molecule has 0 aliphatic carbocycles. The molecule has 30 heavy (non-hydrogen) atoms. The lowest BCUT2D eigenvalue weighted by Crippen LogP contribution is -2.31. The van der Waals surface area contributed by atoms with E-state index in [9.17, 15) is 23.5 Å². The van der Waals surface area contributed by atoms with Gasteiger partial charge in [-0.25, -0.2) is 0 Å². The normalized spacial score (nSPS) is 15.2. The average molecular weight is 450 g/mol. The highest BCUT2D eigenvalue weighted by Gasteiger charge is 2.32. The lowest BCUT2D eigenvalue weighted by Gasteiger charge is -2.14. The van der Waals surface area contributed by atoms with Crippen LogP contribution in [0.1, 0.15) is 12.0 Å². The third kappa shape index (κ3) is 5.55. The highest BCUT2D eigenvalue weighted by atomic mass is 32.2. The Labute approximate surface area is 180 Å². The molecule has 6 nitrogen and oxygen atoms in total. The van der Waals surface area contributed by atoms with E-state index in [1.807, 2.05) is 0 Å². The SMILES string of the molecule is O=C(CCN1C(=O)/C(=C/c2ccccc2OC(F)F)SC1=S)Nc1ccc(O)cc1. The Morgan fingerprint density at radius 2 is 1.93 bits per heavy atom. The number of carbonyl (C=O) groups excluding carboxylic acids is 2. The molecule has 0 aromatic heterocycles. The molecule has 0 saturated carbocycles. The first-order chi connectivity index (χ1) is 14.3. The third-order valence-electron chi connectivity index (χ3n) is 4.01. The number of anilines is 1. The average Bonchev–Trinajstić information content (AvgIpc) is 2.96. The van der Waals surface area contributed by atoms with Crippen LogP contribution in [-0.2, 0) is 9.59 Å². The largest absolute Gasteiger partial charge is 0.508 e. The number of thiocarbonyl (C=S) groups is 1. The number of halogens is 2. The third-order valence-corrected chi connectivity index (χ3v) is 5.39. The van der Waals surface area contributed by atoms with E-state index in [1.54, 1.807) is 30.3 Å². The molecule has 2 aromatic rings. The first-order valence-corrected chi connectivity index (χ1v) is 9.94. The number of nitrogens with zero attached hydrogens (tertiary/aromatic N) is 1. The van der Waals surface area contributed by atoms with Gasteiger partial charge in [0.1, 0.15) is 15.8 Å². The van der Waals surface area contributed by atoms with E-state index in [0.717, 1.165) is 11.8 Å². The number of phenolic OH excluding ortho intramolecular Hbond substituents is 1. The van der Waals surface area contributed by atoms with Crippen LogP contribution in [0.3, 0.4) is 0 Å². The summed E-state index contributed by atoms with van der Waals surface area (Å²) < 4.78 is 29.9. The molecule has 1 heterocycles. The van der Waals surface area contributed by atoms with Gasteiger partial charge in [0, 0.05) is 24.2 Å². The van der Waals surface area contributed by atoms with Gasteiger partial charge in [-0.1, -0.05) is 42.2 Å². The number of hydrogen-bond donors (Lipinski definition) is 2. The van der Waals surface area contributed by atoms with Crippen LogP contribution in [0, 0.1) is 0 Å². The first-order valence-electron chi connectivity index (χ1n) is 8.71. The molecule has 1 aliphatic heterocycles. The van der Waals surface area contributed by atoms with Gasteiger partial charge >= 0.3 is 6.61 Å². The zero-order valence-electron chi connectivity index (χ0n) is 15.4. The predicted octanol–water partition coefficient (Wildman–Crippen LogP) is 4.22. The molecular weight excluding hydrogens is 434 g/mol. The minimum absolute atomic E-state index is 0.00563. The van der Waals surface area contributed by atoms with Crippen molar-refractivity contribution in [3.8, 4) is 11.5 Å². The van der Waals surface area contributed by atoms with Crippen molar-refractivity contribution >= 4 is 51.9 Å². The monoisotopic (exact) mass is 450 g/mol. The summed E-state index contributed by atoms with van der Waals surface area (Å²) in [6, 6.07) is 12.1. The fourth-order valence-corrected chi connectivity index (χ4v) is 3.92. The van der Waals surface area contributed by atoms with Crippen molar-refractivity contribution in [1.29, 1.82) is 0 Å². The van der Waals surface area contributed by atoms with Gasteiger partial charge in [-0.2, -0.15) is 8.78 Å². The van der Waals surface area contributed by atoms with Crippen molar-refractivity contribution in [3.05, 3.63) is 59.0 Å². The zero-order chi connectivity index (χ0) is 21.7. The number of thioether (sulfide) groups is 1. The van der Waals surface area contributed by atoms with Crippen LogP contribution in [-0.4, -0.2) is 39.3 Å². The van der Waals surface area contributed by atoms with Crippen molar-refractivity contribution in [3.63, 3.8) is 0 Å². The molecule has 0 atom stereocenters. The van der Waals surface area contributed by atoms with Gasteiger partial charge in [-0.15, -0.1) is 0 Å². The van der Waals surface area contributed by atoms with E-state index in [4.69, 9.17) is 12.2 Å². The molecule has 2 N–H and O–H groups in total. The van der Waals surface area contributed by atoms with E-state index in [2.05, 4.69) is 10.1 Å². The van der Waals surface area contributed by atoms with Crippen molar-refractivity contribution in [2.75, 3.05) is 11.9 Å². The predicted molar refractivity (Wildman–Crippen MR) is 114 cm³/mol. The number of ether oxygens (including phenoxy) is 1. The molecule has 0 spiro atoms. The number of para-hydroxylation sites is 1. The number of phenols is 1. The van der Waals surface area contributed by atoms with Crippen LogP contribution in [0.25, 0.3) is 6.08 Å². The Morgan fingerprint density at radius 1 is 1.23 bits per heavy atom. The highest BCUT2D eigenvalue weighted by molar-refractivity contribution is 8.26. The lowest BCUT2D eigenvalue weighted by atomic mass is 10.2. The molecule has 3 rings (SSSR count). The maximum Gasteiger partial charge on any atom is 0.387 e. The Morgan fingerprint density at radius 3 is 2.63 bits per heavy atom. The van der Waals surface area contributed by atoms with E-state index in [0.29, 0.717) is 11.3 Å². The fraction of sp³-hybridized carbons (Fsp3) is 0.150.